The molecule has 0 amide bonds. The van der Waals surface area contributed by atoms with Crippen LogP contribution in [-0.2, 0) is 0 Å². The van der Waals surface area contributed by atoms with Gasteiger partial charge in [0.25, 0.3) is 0 Å². The van der Waals surface area contributed by atoms with Crippen LogP contribution in [0, 0.1) is 0 Å². The van der Waals surface area contributed by atoms with Gasteiger partial charge in [-0.3, -0.25) is 0 Å². The lowest BCUT2D eigenvalue weighted by atomic mass is 9.97. The molecule has 2 heteroatoms. The molecular formula is C28H20ClN. The molecular weight excluding hydrogens is 386 g/mol. The van der Waals surface area contributed by atoms with Crippen LogP contribution in [0.5, 0.6) is 0 Å². The summed E-state index contributed by atoms with van der Waals surface area (Å²) in [5, 5.41) is 6.13. The normalized spacial score (nSPS) is 14.3. The van der Waals surface area contributed by atoms with Crippen molar-refractivity contribution in [2.45, 2.75) is 12.8 Å². The van der Waals surface area contributed by atoms with Crippen molar-refractivity contribution in [3.8, 4) is 5.69 Å². The summed E-state index contributed by atoms with van der Waals surface area (Å²) in [6.45, 7) is 0. The molecule has 0 saturated heterocycles. The van der Waals surface area contributed by atoms with E-state index >= 15 is 0 Å². The second-order valence-electron chi connectivity index (χ2n) is 7.89. The monoisotopic (exact) mass is 405 g/mol. The number of halogens is 1. The minimum Gasteiger partial charge on any atom is -0.309 e. The minimum atomic E-state index is 0.926. The van der Waals surface area contributed by atoms with Crippen molar-refractivity contribution in [2.24, 2.45) is 0 Å². The first-order chi connectivity index (χ1) is 14.8. The van der Waals surface area contributed by atoms with Crippen LogP contribution >= 0.6 is 11.6 Å². The highest BCUT2D eigenvalue weighted by atomic mass is 35.5. The largest absolute Gasteiger partial charge is 0.309 e. The van der Waals surface area contributed by atoms with Gasteiger partial charge in [-0.25, -0.2) is 0 Å². The molecule has 0 fully saturated rings. The van der Waals surface area contributed by atoms with E-state index in [4.69, 9.17) is 11.6 Å². The molecule has 0 unspecified atom stereocenters. The van der Waals surface area contributed by atoms with Gasteiger partial charge in [-0.15, -0.1) is 0 Å². The summed E-state index contributed by atoms with van der Waals surface area (Å²) >= 11 is 6.13. The number of nitrogens with zero attached hydrogens (tertiary/aromatic N) is 1. The Labute approximate surface area is 180 Å². The van der Waals surface area contributed by atoms with E-state index in [-0.39, 0.29) is 0 Å². The van der Waals surface area contributed by atoms with Crippen molar-refractivity contribution in [1.29, 1.82) is 0 Å². The summed E-state index contributed by atoms with van der Waals surface area (Å²) in [7, 11) is 0. The summed E-state index contributed by atoms with van der Waals surface area (Å²) in [4.78, 5) is 0. The molecule has 5 aromatic rings. The molecule has 0 spiro atoms. The predicted octanol–water partition coefficient (Wildman–Crippen LogP) is 8.24. The highest BCUT2D eigenvalue weighted by molar-refractivity contribution is 6.30. The van der Waals surface area contributed by atoms with Crippen LogP contribution in [-0.4, -0.2) is 4.57 Å². The maximum atomic E-state index is 6.13. The van der Waals surface area contributed by atoms with Gasteiger partial charge in [-0.05, 0) is 65.1 Å². The first-order valence-corrected chi connectivity index (χ1v) is 10.7. The second-order valence-corrected chi connectivity index (χ2v) is 8.37. The van der Waals surface area contributed by atoms with Gasteiger partial charge in [0.05, 0.1) is 11.0 Å². The summed E-state index contributed by atoms with van der Waals surface area (Å²) in [6, 6.07) is 30.8. The fraction of sp³-hybridized carbons (Fsp3) is 0.0714. The molecule has 30 heavy (non-hydrogen) atoms. The van der Waals surface area contributed by atoms with Crippen LogP contribution in [0.25, 0.3) is 43.8 Å². The smallest absolute Gasteiger partial charge is 0.0547 e. The molecule has 6 rings (SSSR count). The van der Waals surface area contributed by atoms with Crippen LogP contribution < -0.4 is 0 Å². The van der Waals surface area contributed by atoms with Crippen molar-refractivity contribution in [2.75, 3.05) is 0 Å². The molecule has 1 aliphatic carbocycles. The number of fused-ring (bicyclic) bond motifs is 5. The number of hydrogen-bond donors (Lipinski definition) is 0. The van der Waals surface area contributed by atoms with Gasteiger partial charge in [-0.1, -0.05) is 78.3 Å². The van der Waals surface area contributed by atoms with Crippen molar-refractivity contribution in [3.63, 3.8) is 0 Å². The molecule has 144 valence electrons. The Morgan fingerprint density at radius 3 is 2.20 bits per heavy atom. The SMILES string of the molecule is ClC1=CC=C(c2ccc(-n3c4ccccc4c4c5ccccc5ccc43)cc2)CC1. The lowest BCUT2D eigenvalue weighted by Gasteiger charge is -2.13. The van der Waals surface area contributed by atoms with Crippen molar-refractivity contribution in [3.05, 3.63) is 108 Å². The molecule has 0 saturated carbocycles. The molecule has 0 bridgehead atoms. The van der Waals surface area contributed by atoms with Gasteiger partial charge in [-0.2, -0.15) is 0 Å². The Morgan fingerprint density at radius 1 is 0.633 bits per heavy atom. The van der Waals surface area contributed by atoms with Crippen LogP contribution in [0.15, 0.2) is 102 Å². The average molecular weight is 406 g/mol. The summed E-state index contributed by atoms with van der Waals surface area (Å²) < 4.78 is 2.38. The molecule has 0 N–H and O–H groups in total. The number of aromatic nitrogens is 1. The van der Waals surface area contributed by atoms with E-state index in [1.807, 2.05) is 6.08 Å². The van der Waals surface area contributed by atoms with E-state index < -0.39 is 0 Å². The van der Waals surface area contributed by atoms with Crippen molar-refractivity contribution < 1.29 is 0 Å². The number of rotatable bonds is 2. The zero-order valence-electron chi connectivity index (χ0n) is 16.5. The molecule has 0 aliphatic heterocycles. The van der Waals surface area contributed by atoms with Gasteiger partial charge >= 0.3 is 0 Å². The van der Waals surface area contributed by atoms with Crippen LogP contribution in [0.4, 0.5) is 0 Å². The summed E-state index contributed by atoms with van der Waals surface area (Å²) in [5.74, 6) is 0. The van der Waals surface area contributed by atoms with E-state index in [0.717, 1.165) is 17.9 Å². The van der Waals surface area contributed by atoms with E-state index in [0.29, 0.717) is 0 Å². The Hall–Kier alpha value is -3.29. The summed E-state index contributed by atoms with van der Waals surface area (Å²) in [5.41, 5.74) is 6.28. The maximum absolute atomic E-state index is 6.13. The van der Waals surface area contributed by atoms with Gasteiger partial charge in [0, 0.05) is 21.5 Å². The van der Waals surface area contributed by atoms with E-state index in [9.17, 15) is 0 Å². The van der Waals surface area contributed by atoms with Gasteiger partial charge in [0.15, 0.2) is 0 Å². The fourth-order valence-electron chi connectivity index (χ4n) is 4.69. The first-order valence-electron chi connectivity index (χ1n) is 10.4. The zero-order chi connectivity index (χ0) is 20.1. The van der Waals surface area contributed by atoms with E-state index in [1.54, 1.807) is 0 Å². The zero-order valence-corrected chi connectivity index (χ0v) is 17.2. The highest BCUT2D eigenvalue weighted by Crippen LogP contribution is 2.37. The number of hydrogen-bond acceptors (Lipinski definition) is 0. The average Bonchev–Trinajstić information content (AvgIpc) is 3.15. The van der Waals surface area contributed by atoms with Gasteiger partial charge < -0.3 is 4.57 Å². The minimum absolute atomic E-state index is 0.926. The number of para-hydroxylation sites is 1. The predicted molar refractivity (Wildman–Crippen MR) is 129 cm³/mol. The maximum Gasteiger partial charge on any atom is 0.0547 e. The summed E-state index contributed by atoms with van der Waals surface area (Å²) in [6.07, 6.45) is 6.09. The quantitative estimate of drug-likeness (QED) is 0.278. The van der Waals surface area contributed by atoms with E-state index in [2.05, 4.69) is 95.6 Å². The van der Waals surface area contributed by atoms with Gasteiger partial charge in [0.2, 0.25) is 0 Å². The van der Waals surface area contributed by atoms with E-state index in [1.165, 1.54) is 49.4 Å². The second kappa shape index (κ2) is 6.90. The Balaban J connectivity index is 1.58. The molecule has 0 radical (unpaired) electrons. The molecule has 4 aromatic carbocycles. The van der Waals surface area contributed by atoms with Crippen LogP contribution in [0.2, 0.25) is 0 Å². The standard InChI is InChI=1S/C28H20ClN/c29-22-14-9-19(10-15-22)20-11-16-23(17-12-20)30-26-8-4-3-7-25(26)28-24-6-2-1-5-21(24)13-18-27(28)30/h1-9,11-14,16-18H,10,15H2. The number of benzene rings is 4. The number of allylic oxidation sites excluding steroid dienone is 4. The molecule has 1 aliphatic rings. The topological polar surface area (TPSA) is 4.93 Å². The van der Waals surface area contributed by atoms with Crippen molar-refractivity contribution >= 4 is 49.8 Å². The van der Waals surface area contributed by atoms with Crippen LogP contribution in [0.3, 0.4) is 0 Å². The highest BCUT2D eigenvalue weighted by Gasteiger charge is 2.14. The Morgan fingerprint density at radius 2 is 1.40 bits per heavy atom. The van der Waals surface area contributed by atoms with Gasteiger partial charge in [0.1, 0.15) is 0 Å². The third-order valence-corrected chi connectivity index (χ3v) is 6.47. The molecule has 1 aromatic heterocycles. The fourth-order valence-corrected chi connectivity index (χ4v) is 4.85. The lowest BCUT2D eigenvalue weighted by molar-refractivity contribution is 1.03. The lowest BCUT2D eigenvalue weighted by Crippen LogP contribution is -1.95. The Bertz CT molecular complexity index is 1480. The molecule has 1 heterocycles. The first kappa shape index (κ1) is 17.6. The van der Waals surface area contributed by atoms with Crippen molar-refractivity contribution in [1.82, 2.24) is 4.57 Å². The third-order valence-electron chi connectivity index (χ3n) is 6.16. The Kier molecular flexibility index (Phi) is 4.04. The van der Waals surface area contributed by atoms with Crippen LogP contribution in [0.1, 0.15) is 18.4 Å². The molecule has 0 atom stereocenters. The molecule has 1 nitrogen and oxygen atoms in total. The third kappa shape index (κ3) is 2.70.